The van der Waals surface area contributed by atoms with E-state index in [9.17, 15) is 0 Å². The zero-order valence-corrected chi connectivity index (χ0v) is 7.10. The van der Waals surface area contributed by atoms with Crippen LogP contribution in [0.5, 0.6) is 0 Å². The Kier molecular flexibility index (Phi) is 3.30. The summed E-state index contributed by atoms with van der Waals surface area (Å²) in [5, 5.41) is 12.4. The van der Waals surface area contributed by atoms with Gasteiger partial charge in [-0.3, -0.25) is 0 Å². The standard InChI is InChI=1S/C8H17NO2/c1-2-4-9-8(6-10)3-5-11-7-8/h9-10H,2-7H2,1H3. The molecule has 0 aliphatic carbocycles. The van der Waals surface area contributed by atoms with Gasteiger partial charge in [-0.2, -0.15) is 0 Å². The van der Waals surface area contributed by atoms with Crippen LogP contribution >= 0.6 is 0 Å². The number of hydrogen-bond acceptors (Lipinski definition) is 3. The lowest BCUT2D eigenvalue weighted by molar-refractivity contribution is 0.121. The van der Waals surface area contributed by atoms with Crippen molar-refractivity contribution in [3.05, 3.63) is 0 Å². The largest absolute Gasteiger partial charge is 0.394 e. The van der Waals surface area contributed by atoms with Gasteiger partial charge in [0, 0.05) is 6.61 Å². The maximum Gasteiger partial charge on any atom is 0.0672 e. The highest BCUT2D eigenvalue weighted by atomic mass is 16.5. The quantitative estimate of drug-likeness (QED) is 0.613. The Morgan fingerprint density at radius 1 is 1.64 bits per heavy atom. The Morgan fingerprint density at radius 3 is 2.91 bits per heavy atom. The molecule has 1 fully saturated rings. The zero-order valence-electron chi connectivity index (χ0n) is 7.10. The van der Waals surface area contributed by atoms with Crippen LogP contribution in [0.15, 0.2) is 0 Å². The molecule has 0 aromatic heterocycles. The van der Waals surface area contributed by atoms with Crippen LogP contribution in [0.1, 0.15) is 19.8 Å². The number of rotatable bonds is 4. The van der Waals surface area contributed by atoms with E-state index < -0.39 is 0 Å². The first kappa shape index (κ1) is 8.97. The minimum atomic E-state index is -0.129. The van der Waals surface area contributed by atoms with Crippen molar-refractivity contribution < 1.29 is 9.84 Å². The second-order valence-electron chi connectivity index (χ2n) is 3.17. The van der Waals surface area contributed by atoms with E-state index in [0.29, 0.717) is 6.61 Å². The summed E-state index contributed by atoms with van der Waals surface area (Å²) < 4.78 is 5.23. The molecule has 1 heterocycles. The van der Waals surface area contributed by atoms with E-state index in [2.05, 4.69) is 12.2 Å². The number of ether oxygens (including phenoxy) is 1. The maximum atomic E-state index is 9.10. The first-order valence-corrected chi connectivity index (χ1v) is 4.26. The summed E-state index contributed by atoms with van der Waals surface area (Å²) >= 11 is 0. The molecule has 0 bridgehead atoms. The van der Waals surface area contributed by atoms with Gasteiger partial charge in [0.2, 0.25) is 0 Å². The third-order valence-corrected chi connectivity index (χ3v) is 2.16. The molecule has 1 atom stereocenters. The number of aliphatic hydroxyl groups excluding tert-OH is 1. The van der Waals surface area contributed by atoms with Crippen molar-refractivity contribution in [1.29, 1.82) is 0 Å². The minimum absolute atomic E-state index is 0.129. The van der Waals surface area contributed by atoms with Crippen molar-refractivity contribution in [2.24, 2.45) is 0 Å². The fourth-order valence-corrected chi connectivity index (χ4v) is 1.32. The summed E-state index contributed by atoms with van der Waals surface area (Å²) in [5.74, 6) is 0. The normalized spacial score (nSPS) is 31.1. The van der Waals surface area contributed by atoms with Crippen LogP contribution in [-0.2, 0) is 4.74 Å². The first-order valence-electron chi connectivity index (χ1n) is 4.26. The van der Waals surface area contributed by atoms with Crippen molar-refractivity contribution in [1.82, 2.24) is 5.32 Å². The molecule has 0 aromatic rings. The highest BCUT2D eigenvalue weighted by molar-refractivity contribution is 4.90. The van der Waals surface area contributed by atoms with E-state index in [0.717, 1.165) is 26.0 Å². The minimum Gasteiger partial charge on any atom is -0.394 e. The summed E-state index contributed by atoms with van der Waals surface area (Å²) in [4.78, 5) is 0. The zero-order chi connectivity index (χ0) is 8.16. The average molecular weight is 159 g/mol. The second kappa shape index (κ2) is 4.04. The van der Waals surface area contributed by atoms with Gasteiger partial charge in [0.25, 0.3) is 0 Å². The Bertz CT molecular complexity index is 111. The van der Waals surface area contributed by atoms with E-state index in [4.69, 9.17) is 9.84 Å². The molecule has 1 unspecified atom stereocenters. The summed E-state index contributed by atoms with van der Waals surface area (Å²) in [7, 11) is 0. The van der Waals surface area contributed by atoms with Crippen molar-refractivity contribution in [2.45, 2.75) is 25.3 Å². The number of aliphatic hydroxyl groups is 1. The van der Waals surface area contributed by atoms with Crippen molar-refractivity contribution in [3.63, 3.8) is 0 Å². The summed E-state index contributed by atoms with van der Waals surface area (Å²) in [6, 6.07) is 0. The lowest BCUT2D eigenvalue weighted by Gasteiger charge is -2.25. The smallest absolute Gasteiger partial charge is 0.0672 e. The number of hydrogen-bond donors (Lipinski definition) is 2. The van der Waals surface area contributed by atoms with E-state index >= 15 is 0 Å². The Hall–Kier alpha value is -0.120. The average Bonchev–Trinajstić information content (AvgIpc) is 2.50. The third kappa shape index (κ3) is 2.15. The molecule has 3 heteroatoms. The topological polar surface area (TPSA) is 41.5 Å². The predicted molar refractivity (Wildman–Crippen MR) is 43.5 cm³/mol. The molecule has 0 amide bonds. The monoisotopic (exact) mass is 159 g/mol. The van der Waals surface area contributed by atoms with Gasteiger partial charge in [-0.15, -0.1) is 0 Å². The Morgan fingerprint density at radius 2 is 2.45 bits per heavy atom. The Balaban J connectivity index is 2.33. The molecular formula is C8H17NO2. The van der Waals surface area contributed by atoms with Crippen LogP contribution in [0.25, 0.3) is 0 Å². The van der Waals surface area contributed by atoms with Crippen LogP contribution in [0.4, 0.5) is 0 Å². The van der Waals surface area contributed by atoms with Crippen LogP contribution < -0.4 is 5.32 Å². The molecule has 3 nitrogen and oxygen atoms in total. The van der Waals surface area contributed by atoms with E-state index in [-0.39, 0.29) is 12.1 Å². The highest BCUT2D eigenvalue weighted by Crippen LogP contribution is 2.17. The SMILES string of the molecule is CCCNC1(CO)CCOC1. The van der Waals surface area contributed by atoms with Crippen LogP contribution in [0.3, 0.4) is 0 Å². The van der Waals surface area contributed by atoms with Crippen molar-refractivity contribution in [2.75, 3.05) is 26.4 Å². The van der Waals surface area contributed by atoms with Crippen LogP contribution in [0.2, 0.25) is 0 Å². The highest BCUT2D eigenvalue weighted by Gasteiger charge is 2.33. The molecule has 1 saturated heterocycles. The maximum absolute atomic E-state index is 9.10. The fraction of sp³-hybridized carbons (Fsp3) is 1.00. The molecular weight excluding hydrogens is 142 g/mol. The van der Waals surface area contributed by atoms with Gasteiger partial charge in [-0.05, 0) is 19.4 Å². The van der Waals surface area contributed by atoms with E-state index in [1.54, 1.807) is 0 Å². The molecule has 0 aromatic carbocycles. The van der Waals surface area contributed by atoms with E-state index in [1.807, 2.05) is 0 Å². The van der Waals surface area contributed by atoms with Gasteiger partial charge in [0.05, 0.1) is 18.8 Å². The van der Waals surface area contributed by atoms with Gasteiger partial charge in [-0.25, -0.2) is 0 Å². The molecule has 0 radical (unpaired) electrons. The molecule has 2 N–H and O–H groups in total. The summed E-state index contributed by atoms with van der Waals surface area (Å²) in [5.41, 5.74) is -0.129. The molecule has 1 aliphatic rings. The first-order chi connectivity index (χ1) is 5.33. The third-order valence-electron chi connectivity index (χ3n) is 2.16. The summed E-state index contributed by atoms with van der Waals surface area (Å²) in [6.07, 6.45) is 2.03. The number of nitrogens with one attached hydrogen (secondary N) is 1. The second-order valence-corrected chi connectivity index (χ2v) is 3.17. The Labute approximate surface area is 67.7 Å². The molecule has 1 aliphatic heterocycles. The molecule has 0 spiro atoms. The fourth-order valence-electron chi connectivity index (χ4n) is 1.32. The van der Waals surface area contributed by atoms with Gasteiger partial charge in [0.15, 0.2) is 0 Å². The van der Waals surface area contributed by atoms with Crippen LogP contribution in [0, 0.1) is 0 Å². The summed E-state index contributed by atoms with van der Waals surface area (Å²) in [6.45, 7) is 4.70. The van der Waals surface area contributed by atoms with Crippen LogP contribution in [-0.4, -0.2) is 37.0 Å². The lowest BCUT2D eigenvalue weighted by Crippen LogP contribution is -2.49. The van der Waals surface area contributed by atoms with Crippen molar-refractivity contribution in [3.8, 4) is 0 Å². The molecule has 1 rings (SSSR count). The lowest BCUT2D eigenvalue weighted by atomic mass is 10.0. The van der Waals surface area contributed by atoms with Crippen molar-refractivity contribution >= 4 is 0 Å². The van der Waals surface area contributed by atoms with Gasteiger partial charge in [-0.1, -0.05) is 6.92 Å². The molecule has 11 heavy (non-hydrogen) atoms. The molecule has 0 saturated carbocycles. The predicted octanol–water partition coefficient (Wildman–Crippen LogP) is 0.137. The van der Waals surface area contributed by atoms with E-state index in [1.165, 1.54) is 0 Å². The molecule has 66 valence electrons. The van der Waals surface area contributed by atoms with Gasteiger partial charge >= 0.3 is 0 Å². The van der Waals surface area contributed by atoms with Gasteiger partial charge < -0.3 is 15.2 Å². The van der Waals surface area contributed by atoms with Gasteiger partial charge in [0.1, 0.15) is 0 Å².